The van der Waals surface area contributed by atoms with Crippen molar-refractivity contribution in [3.8, 4) is 33.9 Å². The highest BCUT2D eigenvalue weighted by atomic mass is 79.9. The van der Waals surface area contributed by atoms with E-state index in [-0.39, 0.29) is 5.69 Å². The van der Waals surface area contributed by atoms with Gasteiger partial charge in [0.05, 0.1) is 22.5 Å². The number of nitro groups is 1. The van der Waals surface area contributed by atoms with Crippen LogP contribution in [-0.4, -0.2) is 25.5 Å². The lowest BCUT2D eigenvalue weighted by Crippen LogP contribution is -2.13. The van der Waals surface area contributed by atoms with Crippen LogP contribution in [0.3, 0.4) is 0 Å². The van der Waals surface area contributed by atoms with Crippen molar-refractivity contribution in [1.29, 1.82) is 0 Å². The molecule has 0 spiro atoms. The third kappa shape index (κ3) is 5.76. The van der Waals surface area contributed by atoms with E-state index in [4.69, 9.17) is 5.10 Å². The fraction of sp³-hybridized carbons (Fsp3) is 0.0312. The number of nitrogens with zero attached hydrogens (tertiary/aromatic N) is 6. The van der Waals surface area contributed by atoms with Gasteiger partial charge in [0.2, 0.25) is 4.80 Å². The number of aryl methyl sites for hydroxylation is 1. The van der Waals surface area contributed by atoms with Crippen LogP contribution < -0.4 is 4.80 Å². The number of nitro benzene ring substituents is 1. The summed E-state index contributed by atoms with van der Waals surface area (Å²) in [7, 11) is 0. The molecular formula is C32H23BrN6O2S. The Morgan fingerprint density at radius 3 is 2.26 bits per heavy atom. The minimum Gasteiger partial charge on any atom is -0.284 e. The lowest BCUT2D eigenvalue weighted by atomic mass is 10.1. The molecule has 0 unspecified atom stereocenters. The van der Waals surface area contributed by atoms with E-state index in [1.807, 2.05) is 79.9 Å². The highest BCUT2D eigenvalue weighted by molar-refractivity contribution is 9.10. The fourth-order valence-electron chi connectivity index (χ4n) is 4.45. The number of non-ortho nitro benzene ring substituents is 1. The molecule has 0 aliphatic heterocycles. The van der Waals surface area contributed by atoms with E-state index >= 15 is 0 Å². The monoisotopic (exact) mass is 634 g/mol. The summed E-state index contributed by atoms with van der Waals surface area (Å²) in [6.07, 6.45) is 3.55. The number of para-hydroxylation sites is 1. The second-order valence-electron chi connectivity index (χ2n) is 9.44. The first-order valence-corrected chi connectivity index (χ1v) is 14.6. The van der Waals surface area contributed by atoms with E-state index in [1.54, 1.807) is 23.0 Å². The molecule has 0 saturated carbocycles. The summed E-state index contributed by atoms with van der Waals surface area (Å²) in [5.41, 5.74) is 7.20. The highest BCUT2D eigenvalue weighted by Gasteiger charge is 2.14. The van der Waals surface area contributed by atoms with Gasteiger partial charge in [0, 0.05) is 45.0 Å². The van der Waals surface area contributed by atoms with E-state index in [0.29, 0.717) is 10.5 Å². The van der Waals surface area contributed by atoms with Crippen LogP contribution in [0.2, 0.25) is 0 Å². The maximum atomic E-state index is 11.2. The molecule has 10 heteroatoms. The zero-order valence-electron chi connectivity index (χ0n) is 22.3. The summed E-state index contributed by atoms with van der Waals surface area (Å²) in [5.74, 6) is 0. The molecule has 6 rings (SSSR count). The van der Waals surface area contributed by atoms with E-state index in [2.05, 4.69) is 48.2 Å². The quantitative estimate of drug-likeness (QED) is 0.101. The number of benzene rings is 4. The fourth-order valence-corrected chi connectivity index (χ4v) is 5.57. The molecule has 0 aliphatic rings. The predicted molar refractivity (Wildman–Crippen MR) is 170 cm³/mol. The number of hydrogen-bond donors (Lipinski definition) is 0. The van der Waals surface area contributed by atoms with E-state index in [0.717, 1.165) is 43.8 Å². The normalized spacial score (nSPS) is 11.8. The summed E-state index contributed by atoms with van der Waals surface area (Å²) in [5, 5.41) is 27.2. The van der Waals surface area contributed by atoms with Gasteiger partial charge >= 0.3 is 0 Å². The maximum absolute atomic E-state index is 11.2. The molecule has 206 valence electrons. The van der Waals surface area contributed by atoms with E-state index < -0.39 is 4.92 Å². The summed E-state index contributed by atoms with van der Waals surface area (Å²) in [6, 6.07) is 32.6. The van der Waals surface area contributed by atoms with Crippen LogP contribution in [0.4, 0.5) is 5.69 Å². The van der Waals surface area contributed by atoms with E-state index in [9.17, 15) is 10.1 Å². The van der Waals surface area contributed by atoms with Gasteiger partial charge in [-0.15, -0.1) is 16.4 Å². The van der Waals surface area contributed by atoms with Crippen molar-refractivity contribution in [2.75, 3.05) is 0 Å². The Kier molecular flexibility index (Phi) is 7.72. The van der Waals surface area contributed by atoms with Crippen LogP contribution in [-0.2, 0) is 0 Å². The largest absolute Gasteiger partial charge is 0.284 e. The number of rotatable bonds is 7. The molecule has 0 aliphatic carbocycles. The second kappa shape index (κ2) is 11.9. The van der Waals surface area contributed by atoms with Gasteiger partial charge in [-0.05, 0) is 61.0 Å². The van der Waals surface area contributed by atoms with E-state index in [1.165, 1.54) is 23.5 Å². The van der Waals surface area contributed by atoms with Crippen LogP contribution in [0.15, 0.2) is 129 Å². The second-order valence-corrected chi connectivity index (χ2v) is 11.2. The molecule has 8 nitrogen and oxygen atoms in total. The topological polar surface area (TPSA) is 90.6 Å². The molecule has 0 saturated heterocycles. The van der Waals surface area contributed by atoms with Crippen molar-refractivity contribution in [1.82, 2.24) is 14.3 Å². The Bertz CT molecular complexity index is 1960. The van der Waals surface area contributed by atoms with Gasteiger partial charge in [0.15, 0.2) is 0 Å². The molecule has 42 heavy (non-hydrogen) atoms. The predicted octanol–water partition coefficient (Wildman–Crippen LogP) is 7.97. The standard InChI is InChI=1S/C32H23BrN6O2S/c1-22-7-15-27(16-8-22)37-20-25(31(36-37)24-11-17-29(18-12-24)39(40)41)19-34-35-32-38(28-5-3-2-4-6-28)30(21-42-32)23-9-13-26(33)14-10-23/h2-21H,1H3. The van der Waals surface area contributed by atoms with Crippen LogP contribution in [0, 0.1) is 17.0 Å². The van der Waals surface area contributed by atoms with Crippen molar-refractivity contribution in [2.45, 2.75) is 6.92 Å². The minimum absolute atomic E-state index is 0.0201. The highest BCUT2D eigenvalue weighted by Crippen LogP contribution is 2.27. The Morgan fingerprint density at radius 1 is 0.881 bits per heavy atom. The molecule has 2 heterocycles. The molecule has 0 amide bonds. The van der Waals surface area contributed by atoms with Gasteiger partial charge in [-0.25, -0.2) is 4.68 Å². The number of hydrogen-bond acceptors (Lipinski definition) is 6. The van der Waals surface area contributed by atoms with Crippen LogP contribution in [0.25, 0.3) is 33.9 Å². The Morgan fingerprint density at radius 2 is 1.57 bits per heavy atom. The average Bonchev–Trinajstić information content (AvgIpc) is 3.63. The van der Waals surface area contributed by atoms with Crippen molar-refractivity contribution < 1.29 is 4.92 Å². The van der Waals surface area contributed by atoms with Crippen molar-refractivity contribution >= 4 is 39.2 Å². The smallest absolute Gasteiger partial charge is 0.269 e. The molecular weight excluding hydrogens is 612 g/mol. The Labute approximate surface area is 253 Å². The minimum atomic E-state index is -0.415. The van der Waals surface area contributed by atoms with Gasteiger partial charge in [0.25, 0.3) is 5.69 Å². The van der Waals surface area contributed by atoms with Crippen LogP contribution in [0.5, 0.6) is 0 Å². The van der Waals surface area contributed by atoms with Gasteiger partial charge < -0.3 is 0 Å². The summed E-state index contributed by atoms with van der Waals surface area (Å²) in [6.45, 7) is 2.03. The molecule has 0 atom stereocenters. The molecule has 6 aromatic rings. The number of thiazole rings is 1. The summed E-state index contributed by atoms with van der Waals surface area (Å²) < 4.78 is 4.87. The van der Waals surface area contributed by atoms with Gasteiger partial charge in [-0.3, -0.25) is 14.7 Å². The molecule has 0 N–H and O–H groups in total. The van der Waals surface area contributed by atoms with Gasteiger partial charge in [-0.2, -0.15) is 10.2 Å². The van der Waals surface area contributed by atoms with Gasteiger partial charge in [0.1, 0.15) is 5.69 Å². The summed E-state index contributed by atoms with van der Waals surface area (Å²) in [4.78, 5) is 11.5. The molecule has 0 radical (unpaired) electrons. The third-order valence-corrected chi connectivity index (χ3v) is 7.94. The van der Waals surface area contributed by atoms with Crippen molar-refractivity contribution in [3.63, 3.8) is 0 Å². The zero-order chi connectivity index (χ0) is 29.1. The first-order valence-electron chi connectivity index (χ1n) is 13.0. The van der Waals surface area contributed by atoms with Crippen molar-refractivity contribution in [2.24, 2.45) is 10.2 Å². The number of aromatic nitrogens is 3. The van der Waals surface area contributed by atoms with Crippen LogP contribution >= 0.6 is 27.3 Å². The maximum Gasteiger partial charge on any atom is 0.269 e. The average molecular weight is 636 g/mol. The third-order valence-electron chi connectivity index (χ3n) is 6.60. The SMILES string of the molecule is Cc1ccc(-n2cc(C=NN=c3scc(-c4ccc(Br)cc4)n3-c3ccccc3)c(-c3ccc([N+](=O)[O-])cc3)n2)cc1. The summed E-state index contributed by atoms with van der Waals surface area (Å²) >= 11 is 5.02. The first kappa shape index (κ1) is 27.3. The first-order chi connectivity index (χ1) is 20.5. The molecule has 0 bridgehead atoms. The number of halogens is 1. The van der Waals surface area contributed by atoms with Crippen LogP contribution in [0.1, 0.15) is 11.1 Å². The lowest BCUT2D eigenvalue weighted by Gasteiger charge is -2.09. The molecule has 0 fully saturated rings. The lowest BCUT2D eigenvalue weighted by molar-refractivity contribution is -0.384. The Hall–Kier alpha value is -4.93. The van der Waals surface area contributed by atoms with Crippen molar-refractivity contribution in [3.05, 3.63) is 145 Å². The zero-order valence-corrected chi connectivity index (χ0v) is 24.7. The molecule has 2 aromatic heterocycles. The Balaban J connectivity index is 1.43. The molecule has 4 aromatic carbocycles. The van der Waals surface area contributed by atoms with Gasteiger partial charge in [-0.1, -0.05) is 64.0 Å².